The first kappa shape index (κ1) is 35.5. The molecule has 6 atom stereocenters. The summed E-state index contributed by atoms with van der Waals surface area (Å²) in [5.74, 6) is -2.37. The molecule has 0 radical (unpaired) electrons. The molecular weight excluding hydrogens is 564 g/mol. The Morgan fingerprint density at radius 1 is 0.791 bits per heavy atom. The van der Waals surface area contributed by atoms with E-state index in [1.807, 2.05) is 12.1 Å². The average molecular weight is 609 g/mol. The Bertz CT molecular complexity index is 1130. The molecule has 43 heavy (non-hydrogen) atoms. The van der Waals surface area contributed by atoms with Gasteiger partial charge in [-0.3, -0.25) is 24.0 Å². The molecule has 1 aromatic rings. The molecule has 0 spiro atoms. The number of carbonyl (C=O) groups excluding carboxylic acids is 5. The highest BCUT2D eigenvalue weighted by molar-refractivity contribution is 5.69. The molecule has 1 fully saturated rings. The topological polar surface area (TPSA) is 150 Å². The Hall–Kier alpha value is -3.67. The summed E-state index contributed by atoms with van der Waals surface area (Å²) in [4.78, 5) is 59.6. The molecule has 0 amide bonds. The molecule has 0 saturated carbocycles. The van der Waals surface area contributed by atoms with Gasteiger partial charge in [0, 0.05) is 40.2 Å². The highest BCUT2D eigenvalue weighted by atomic mass is 16.7. The molecule has 1 aromatic carbocycles. The molecule has 1 aliphatic heterocycles. The minimum atomic E-state index is -1.41. The van der Waals surface area contributed by atoms with Crippen molar-refractivity contribution in [3.8, 4) is 5.75 Å². The van der Waals surface area contributed by atoms with Gasteiger partial charge in [0.2, 0.25) is 12.4 Å². The maximum absolute atomic E-state index is 12.2. The van der Waals surface area contributed by atoms with Crippen LogP contribution in [0, 0.1) is 5.92 Å². The number of hydrogen-bond acceptors (Lipinski definition) is 12. The molecule has 1 heterocycles. The van der Waals surface area contributed by atoms with Gasteiger partial charge in [0.1, 0.15) is 25.1 Å². The number of benzene rings is 1. The minimum Gasteiger partial charge on any atom is -0.463 e. The maximum atomic E-state index is 12.2. The van der Waals surface area contributed by atoms with Crippen molar-refractivity contribution >= 4 is 29.8 Å². The highest BCUT2D eigenvalue weighted by Gasteiger charge is 2.53. The van der Waals surface area contributed by atoms with E-state index >= 15 is 0 Å². The van der Waals surface area contributed by atoms with E-state index in [9.17, 15) is 24.0 Å². The van der Waals surface area contributed by atoms with E-state index in [4.69, 9.17) is 33.2 Å². The zero-order chi connectivity index (χ0) is 32.3. The molecule has 0 aromatic heterocycles. The summed E-state index contributed by atoms with van der Waals surface area (Å²) in [6.45, 7) is 11.9. The van der Waals surface area contributed by atoms with E-state index in [2.05, 4.69) is 20.8 Å². The van der Waals surface area contributed by atoms with Crippen LogP contribution in [0.3, 0.4) is 0 Å². The van der Waals surface area contributed by atoms with Crippen molar-refractivity contribution in [3.63, 3.8) is 0 Å². The lowest BCUT2D eigenvalue weighted by Gasteiger charge is -2.44. The molecule has 0 aliphatic carbocycles. The Labute approximate surface area is 252 Å². The summed E-state index contributed by atoms with van der Waals surface area (Å²) in [5.41, 5.74) is 1.58. The molecule has 12 heteroatoms. The van der Waals surface area contributed by atoms with Crippen LogP contribution < -0.4 is 4.74 Å². The summed E-state index contributed by atoms with van der Waals surface area (Å²) in [7, 11) is 0. The predicted molar refractivity (Wildman–Crippen MR) is 152 cm³/mol. The zero-order valence-electron chi connectivity index (χ0n) is 26.2. The van der Waals surface area contributed by atoms with E-state index < -0.39 is 60.6 Å². The van der Waals surface area contributed by atoms with Crippen molar-refractivity contribution in [3.05, 3.63) is 29.3 Å². The SMILES string of the molecule is CCCC(CC(C)C)c1ccc(OC2OC(COC(C)=O)C(OC(C)=O)C(OC(C)=O)C2OC(C)=O)c(COC(C)=O)c1. The summed E-state index contributed by atoms with van der Waals surface area (Å²) >= 11 is 0. The number of rotatable bonds is 14. The van der Waals surface area contributed by atoms with Gasteiger partial charge in [0.05, 0.1) is 0 Å². The van der Waals surface area contributed by atoms with Crippen molar-refractivity contribution in [1.82, 2.24) is 0 Å². The van der Waals surface area contributed by atoms with Gasteiger partial charge in [-0.25, -0.2) is 0 Å². The third kappa shape index (κ3) is 11.5. The average Bonchev–Trinajstić information content (AvgIpc) is 2.89. The van der Waals surface area contributed by atoms with Gasteiger partial charge in [-0.05, 0) is 42.4 Å². The Morgan fingerprint density at radius 3 is 1.91 bits per heavy atom. The van der Waals surface area contributed by atoms with E-state index in [-0.39, 0.29) is 24.9 Å². The van der Waals surface area contributed by atoms with Gasteiger partial charge in [0.15, 0.2) is 12.2 Å². The van der Waals surface area contributed by atoms with Gasteiger partial charge in [-0.1, -0.05) is 33.3 Å². The Morgan fingerprint density at radius 2 is 1.37 bits per heavy atom. The quantitative estimate of drug-likeness (QED) is 0.221. The zero-order valence-corrected chi connectivity index (χ0v) is 26.2. The Kier molecular flexibility index (Phi) is 13.9. The number of hydrogen-bond donors (Lipinski definition) is 0. The van der Waals surface area contributed by atoms with Crippen LogP contribution in [0.1, 0.15) is 91.7 Å². The molecule has 0 bridgehead atoms. The lowest BCUT2D eigenvalue weighted by Crippen LogP contribution is -2.63. The largest absolute Gasteiger partial charge is 0.463 e. The maximum Gasteiger partial charge on any atom is 0.303 e. The first-order valence-electron chi connectivity index (χ1n) is 14.4. The van der Waals surface area contributed by atoms with Crippen molar-refractivity contribution in [2.45, 2.75) is 118 Å². The first-order valence-corrected chi connectivity index (χ1v) is 14.4. The van der Waals surface area contributed by atoms with Gasteiger partial charge >= 0.3 is 29.8 Å². The van der Waals surface area contributed by atoms with E-state index in [1.165, 1.54) is 13.8 Å². The monoisotopic (exact) mass is 608 g/mol. The molecular formula is C31H44O12. The third-order valence-corrected chi connectivity index (χ3v) is 6.57. The van der Waals surface area contributed by atoms with Gasteiger partial charge in [0.25, 0.3) is 0 Å². The van der Waals surface area contributed by atoms with Crippen LogP contribution in [0.15, 0.2) is 18.2 Å². The number of ether oxygens (including phenoxy) is 7. The van der Waals surface area contributed by atoms with Crippen molar-refractivity contribution < 1.29 is 57.1 Å². The standard InChI is InChI=1S/C31H44O12/c1-9-10-23(13-17(2)3)24-11-12-26(25(14-24)15-37-18(4)32)42-31-30(41-22(8)36)29(40-21(7)35)28(39-20(6)34)27(43-31)16-38-19(5)33/h11-12,14,17,23,27-31H,9-10,13,15-16H2,1-8H3. The minimum absolute atomic E-state index is 0.107. The van der Waals surface area contributed by atoms with Gasteiger partial charge < -0.3 is 33.2 Å². The number of esters is 5. The van der Waals surface area contributed by atoms with Crippen LogP contribution in [0.25, 0.3) is 0 Å². The van der Waals surface area contributed by atoms with E-state index in [0.717, 1.165) is 45.6 Å². The predicted octanol–water partition coefficient (Wildman–Crippen LogP) is 4.14. The van der Waals surface area contributed by atoms with Crippen LogP contribution >= 0.6 is 0 Å². The molecule has 0 N–H and O–H groups in total. The second-order valence-corrected chi connectivity index (χ2v) is 10.9. The Balaban J connectivity index is 2.59. The molecule has 1 aliphatic rings. The van der Waals surface area contributed by atoms with Crippen LogP contribution in [0.5, 0.6) is 5.75 Å². The smallest absolute Gasteiger partial charge is 0.303 e. The van der Waals surface area contributed by atoms with Gasteiger partial charge in [-0.2, -0.15) is 0 Å². The molecule has 1 saturated heterocycles. The van der Waals surface area contributed by atoms with Gasteiger partial charge in [-0.15, -0.1) is 0 Å². The lowest BCUT2D eigenvalue weighted by molar-refractivity contribution is -0.288. The number of carbonyl (C=O) groups is 5. The van der Waals surface area contributed by atoms with Crippen molar-refractivity contribution in [1.29, 1.82) is 0 Å². The summed E-state index contributed by atoms with van der Waals surface area (Å²) in [6.07, 6.45) is -3.74. The molecule has 2 rings (SSSR count). The summed E-state index contributed by atoms with van der Waals surface area (Å²) in [6, 6.07) is 5.54. The third-order valence-electron chi connectivity index (χ3n) is 6.57. The fourth-order valence-electron chi connectivity index (χ4n) is 5.01. The molecule has 12 nitrogen and oxygen atoms in total. The second-order valence-electron chi connectivity index (χ2n) is 10.9. The normalized spacial score (nSPS) is 22.2. The second kappa shape index (κ2) is 16.8. The van der Waals surface area contributed by atoms with E-state index in [0.29, 0.717) is 11.5 Å². The van der Waals surface area contributed by atoms with Crippen molar-refractivity contribution in [2.75, 3.05) is 6.61 Å². The van der Waals surface area contributed by atoms with Crippen LogP contribution in [-0.2, 0) is 59.0 Å². The van der Waals surface area contributed by atoms with Crippen LogP contribution in [0.4, 0.5) is 0 Å². The fourth-order valence-corrected chi connectivity index (χ4v) is 5.01. The van der Waals surface area contributed by atoms with Crippen LogP contribution in [0.2, 0.25) is 0 Å². The summed E-state index contributed by atoms with van der Waals surface area (Å²) in [5, 5.41) is 0. The molecule has 240 valence electrons. The fraction of sp³-hybridized carbons (Fsp3) is 0.645. The van der Waals surface area contributed by atoms with Crippen molar-refractivity contribution in [2.24, 2.45) is 5.92 Å². The van der Waals surface area contributed by atoms with Crippen LogP contribution in [-0.4, -0.2) is 67.2 Å². The highest BCUT2D eigenvalue weighted by Crippen LogP contribution is 2.35. The summed E-state index contributed by atoms with van der Waals surface area (Å²) < 4.78 is 39.2. The first-order chi connectivity index (χ1) is 20.2. The molecule has 6 unspecified atom stereocenters. The van der Waals surface area contributed by atoms with E-state index in [1.54, 1.807) is 6.07 Å². The lowest BCUT2D eigenvalue weighted by atomic mass is 9.86.